The molecule has 0 unspecified atom stereocenters. The van der Waals surface area contributed by atoms with Crippen molar-refractivity contribution < 1.29 is 4.74 Å². The molecule has 1 aliphatic rings. The van der Waals surface area contributed by atoms with Gasteiger partial charge in [-0.1, -0.05) is 18.6 Å². The Kier molecular flexibility index (Phi) is 3.33. The van der Waals surface area contributed by atoms with Crippen molar-refractivity contribution in [2.75, 3.05) is 6.61 Å². The van der Waals surface area contributed by atoms with Crippen LogP contribution < -0.4 is 0 Å². The molecule has 0 saturated heterocycles. The third kappa shape index (κ3) is 3.91. The van der Waals surface area contributed by atoms with Gasteiger partial charge in [0.1, 0.15) is 0 Å². The first-order chi connectivity index (χ1) is 5.58. The Morgan fingerprint density at radius 2 is 2.00 bits per heavy atom. The summed E-state index contributed by atoms with van der Waals surface area (Å²) >= 11 is 0. The van der Waals surface area contributed by atoms with Gasteiger partial charge >= 0.3 is 0 Å². The molecule has 0 spiro atoms. The molecule has 0 N–H and O–H groups in total. The molecule has 1 saturated carbocycles. The van der Waals surface area contributed by atoms with Crippen LogP contribution in [0.25, 0.3) is 0 Å². The van der Waals surface area contributed by atoms with Crippen molar-refractivity contribution in [1.82, 2.24) is 0 Å². The Morgan fingerprint density at radius 1 is 1.33 bits per heavy atom. The summed E-state index contributed by atoms with van der Waals surface area (Å²) in [5.74, 6) is 0.855. The Morgan fingerprint density at radius 3 is 2.42 bits per heavy atom. The largest absolute Gasteiger partial charge is 0.372 e. The summed E-state index contributed by atoms with van der Waals surface area (Å²) in [6, 6.07) is 0. The lowest BCUT2D eigenvalue weighted by Crippen LogP contribution is -2.19. The quantitative estimate of drug-likeness (QED) is 0.588. The highest BCUT2D eigenvalue weighted by atomic mass is 16.5. The first-order valence-corrected chi connectivity index (χ1v) is 4.88. The smallest absolute Gasteiger partial charge is 0.0654 e. The monoisotopic (exact) mass is 168 g/mol. The van der Waals surface area contributed by atoms with Gasteiger partial charge in [-0.05, 0) is 39.5 Å². The van der Waals surface area contributed by atoms with E-state index < -0.39 is 0 Å². The molecular formula is C11H20O. The molecule has 0 radical (unpaired) electrons. The summed E-state index contributed by atoms with van der Waals surface area (Å²) < 4.78 is 5.56. The van der Waals surface area contributed by atoms with Crippen LogP contribution in [0.3, 0.4) is 0 Å². The molecule has 1 heteroatoms. The Hall–Kier alpha value is -0.300. The van der Waals surface area contributed by atoms with Gasteiger partial charge in [0, 0.05) is 0 Å². The molecule has 0 aromatic rings. The third-order valence-electron chi connectivity index (χ3n) is 2.17. The van der Waals surface area contributed by atoms with Crippen molar-refractivity contribution in [3.05, 3.63) is 12.2 Å². The number of allylic oxidation sites excluding steroid dienone is 1. The van der Waals surface area contributed by atoms with Crippen LogP contribution in [0.1, 0.15) is 40.0 Å². The molecule has 0 aromatic carbocycles. The van der Waals surface area contributed by atoms with Gasteiger partial charge in [0.15, 0.2) is 0 Å². The van der Waals surface area contributed by atoms with Gasteiger partial charge in [0.05, 0.1) is 12.2 Å². The predicted molar refractivity (Wildman–Crippen MR) is 52.2 cm³/mol. The fourth-order valence-corrected chi connectivity index (χ4v) is 1.18. The van der Waals surface area contributed by atoms with Gasteiger partial charge < -0.3 is 4.74 Å². The van der Waals surface area contributed by atoms with Crippen molar-refractivity contribution in [1.29, 1.82) is 0 Å². The summed E-state index contributed by atoms with van der Waals surface area (Å²) in [6.45, 7) is 7.03. The van der Waals surface area contributed by atoms with E-state index in [1.807, 2.05) is 0 Å². The van der Waals surface area contributed by atoms with Crippen LogP contribution >= 0.6 is 0 Å². The Balaban J connectivity index is 2.04. The first-order valence-electron chi connectivity index (χ1n) is 4.88. The highest BCUT2D eigenvalue weighted by Gasteiger charge is 2.13. The van der Waals surface area contributed by atoms with Crippen LogP contribution in [0.5, 0.6) is 0 Å². The fourth-order valence-electron chi connectivity index (χ4n) is 1.18. The van der Waals surface area contributed by atoms with Gasteiger partial charge in [0.2, 0.25) is 0 Å². The van der Waals surface area contributed by atoms with E-state index in [1.165, 1.54) is 19.3 Å². The average Bonchev–Trinajstić information content (AvgIpc) is 1.80. The van der Waals surface area contributed by atoms with Crippen molar-refractivity contribution in [3.63, 3.8) is 0 Å². The Labute approximate surface area is 75.8 Å². The maximum atomic E-state index is 5.56. The number of ether oxygens (including phenoxy) is 1. The number of hydrogen-bond acceptors (Lipinski definition) is 1. The van der Waals surface area contributed by atoms with Crippen LogP contribution in [-0.2, 0) is 4.74 Å². The molecule has 1 aliphatic carbocycles. The fraction of sp³-hybridized carbons (Fsp3) is 0.818. The summed E-state index contributed by atoms with van der Waals surface area (Å²) in [4.78, 5) is 0. The van der Waals surface area contributed by atoms with E-state index in [0.29, 0.717) is 0 Å². The van der Waals surface area contributed by atoms with E-state index in [1.54, 1.807) is 0 Å². The second-order valence-corrected chi connectivity index (χ2v) is 4.54. The lowest BCUT2D eigenvalue weighted by atomic mass is 9.85. The minimum absolute atomic E-state index is 0.00392. The van der Waals surface area contributed by atoms with Crippen LogP contribution in [0, 0.1) is 5.92 Å². The first kappa shape index (κ1) is 9.79. The molecule has 0 aliphatic heterocycles. The van der Waals surface area contributed by atoms with Crippen LogP contribution in [0.2, 0.25) is 0 Å². The maximum Gasteiger partial charge on any atom is 0.0654 e. The van der Waals surface area contributed by atoms with E-state index in [-0.39, 0.29) is 5.60 Å². The summed E-state index contributed by atoms with van der Waals surface area (Å²) in [5, 5.41) is 0. The highest BCUT2D eigenvalue weighted by Crippen LogP contribution is 2.27. The topological polar surface area (TPSA) is 9.23 Å². The van der Waals surface area contributed by atoms with Crippen molar-refractivity contribution in [2.45, 2.75) is 45.6 Å². The molecule has 0 atom stereocenters. The normalized spacial score (nSPS) is 19.9. The van der Waals surface area contributed by atoms with E-state index in [2.05, 4.69) is 32.9 Å². The highest BCUT2D eigenvalue weighted by molar-refractivity contribution is 4.92. The second kappa shape index (κ2) is 4.08. The van der Waals surface area contributed by atoms with Gasteiger partial charge in [-0.3, -0.25) is 0 Å². The SMILES string of the molecule is CC(C)(C)OC/C=C/C1CCC1. The molecule has 0 aromatic heterocycles. The van der Waals surface area contributed by atoms with E-state index >= 15 is 0 Å². The average molecular weight is 168 g/mol. The molecule has 12 heavy (non-hydrogen) atoms. The van der Waals surface area contributed by atoms with Crippen LogP contribution in [0.15, 0.2) is 12.2 Å². The molecular weight excluding hydrogens is 148 g/mol. The third-order valence-corrected chi connectivity index (χ3v) is 2.17. The molecule has 1 nitrogen and oxygen atoms in total. The van der Waals surface area contributed by atoms with Gasteiger partial charge in [-0.15, -0.1) is 0 Å². The van der Waals surface area contributed by atoms with E-state index in [9.17, 15) is 0 Å². The van der Waals surface area contributed by atoms with Gasteiger partial charge in [0.25, 0.3) is 0 Å². The standard InChI is InChI=1S/C11H20O/c1-11(2,3)12-9-5-8-10-6-4-7-10/h5,8,10H,4,6-7,9H2,1-3H3/b8-5+. The minimum Gasteiger partial charge on any atom is -0.372 e. The predicted octanol–water partition coefficient (Wildman–Crippen LogP) is 3.16. The number of rotatable bonds is 3. The van der Waals surface area contributed by atoms with Crippen molar-refractivity contribution in [2.24, 2.45) is 5.92 Å². The molecule has 0 heterocycles. The molecule has 1 rings (SSSR count). The molecule has 1 fully saturated rings. The Bertz CT molecular complexity index is 149. The van der Waals surface area contributed by atoms with E-state index in [4.69, 9.17) is 4.74 Å². The molecule has 70 valence electrons. The van der Waals surface area contributed by atoms with Gasteiger partial charge in [-0.2, -0.15) is 0 Å². The van der Waals surface area contributed by atoms with Crippen molar-refractivity contribution in [3.8, 4) is 0 Å². The summed E-state index contributed by atoms with van der Waals surface area (Å²) in [6.07, 6.45) is 8.64. The lowest BCUT2D eigenvalue weighted by Gasteiger charge is -2.22. The number of hydrogen-bond donors (Lipinski definition) is 0. The zero-order chi connectivity index (χ0) is 9.03. The van der Waals surface area contributed by atoms with Crippen molar-refractivity contribution >= 4 is 0 Å². The van der Waals surface area contributed by atoms with Crippen LogP contribution in [0.4, 0.5) is 0 Å². The molecule has 0 bridgehead atoms. The second-order valence-electron chi connectivity index (χ2n) is 4.54. The summed E-state index contributed by atoms with van der Waals surface area (Å²) in [5.41, 5.74) is 0.00392. The maximum absolute atomic E-state index is 5.56. The zero-order valence-corrected chi connectivity index (χ0v) is 8.47. The summed E-state index contributed by atoms with van der Waals surface area (Å²) in [7, 11) is 0. The van der Waals surface area contributed by atoms with Crippen LogP contribution in [-0.4, -0.2) is 12.2 Å². The van der Waals surface area contributed by atoms with Gasteiger partial charge in [-0.25, -0.2) is 0 Å². The zero-order valence-electron chi connectivity index (χ0n) is 8.47. The van der Waals surface area contributed by atoms with E-state index in [0.717, 1.165) is 12.5 Å². The minimum atomic E-state index is 0.00392. The lowest BCUT2D eigenvalue weighted by molar-refractivity contribution is 0.0147. The molecule has 0 amide bonds.